The molecule has 3 rings (SSSR count). The zero-order chi connectivity index (χ0) is 25.5. The summed E-state index contributed by atoms with van der Waals surface area (Å²) >= 11 is 0. The Hall–Kier alpha value is -4.48. The number of aryl methyl sites for hydroxylation is 2. The van der Waals surface area contributed by atoms with Crippen LogP contribution >= 0.6 is 0 Å². The minimum absolute atomic E-state index is 0.0311. The van der Waals surface area contributed by atoms with E-state index in [-0.39, 0.29) is 35.8 Å². The molecule has 0 aliphatic carbocycles. The quantitative estimate of drug-likeness (QED) is 0.312. The first-order valence-corrected chi connectivity index (χ1v) is 10.7. The number of pyridine rings is 1. The number of H-pyrrole nitrogens is 1. The molecule has 2 heterocycles. The van der Waals surface area contributed by atoms with Gasteiger partial charge in [0.1, 0.15) is 17.5 Å². The molecule has 35 heavy (non-hydrogen) atoms. The van der Waals surface area contributed by atoms with Crippen LogP contribution in [0.25, 0.3) is 11.0 Å². The number of anilines is 2. The third-order valence-electron chi connectivity index (χ3n) is 5.38. The molecule has 1 amide bonds. The molecule has 0 radical (unpaired) electrons. The highest BCUT2D eigenvalue weighted by Crippen LogP contribution is 2.21. The zero-order valence-corrected chi connectivity index (χ0v) is 19.3. The summed E-state index contributed by atoms with van der Waals surface area (Å²) in [4.78, 5) is 58.6. The molecule has 0 saturated heterocycles. The van der Waals surface area contributed by atoms with Gasteiger partial charge in [0.2, 0.25) is 11.5 Å². The molecule has 12 heteroatoms. The topological polar surface area (TPSA) is 192 Å². The molecular formula is C23H26N6O6. The van der Waals surface area contributed by atoms with Gasteiger partial charge >= 0.3 is 11.9 Å². The van der Waals surface area contributed by atoms with Crippen LogP contribution in [0.2, 0.25) is 0 Å². The van der Waals surface area contributed by atoms with Crippen molar-refractivity contribution in [3.05, 3.63) is 57.4 Å². The first-order chi connectivity index (χ1) is 16.7. The number of amides is 1. The zero-order valence-electron chi connectivity index (χ0n) is 19.3. The fraction of sp³-hybridized carbons (Fsp3) is 0.304. The summed E-state index contributed by atoms with van der Waals surface area (Å²) in [6.07, 6.45) is 1.02. The van der Waals surface area contributed by atoms with E-state index in [9.17, 15) is 19.2 Å². The van der Waals surface area contributed by atoms with E-state index in [4.69, 9.17) is 16.2 Å². The standard InChI is InChI=1S/C23H26N6O6/c1-34-17(31)10-9-15(22(33)35-2)26-21(32)13-6-3-12(4-7-13)5-8-14-11-16(30)27-20-18(14)19(24)28-23(25)29-20/h3-4,6-7,11,15H,5,8-10H2,1-2H3,(H,26,32)(H5,24,25,27,28,29,30)/t15-/m0/s1. The van der Waals surface area contributed by atoms with E-state index in [0.717, 1.165) is 5.56 Å². The Morgan fingerprint density at radius 2 is 1.77 bits per heavy atom. The van der Waals surface area contributed by atoms with Gasteiger partial charge in [-0.3, -0.25) is 14.4 Å². The van der Waals surface area contributed by atoms with Crippen molar-refractivity contribution >= 4 is 40.6 Å². The number of carbonyl (C=O) groups is 3. The fourth-order valence-corrected chi connectivity index (χ4v) is 3.58. The lowest BCUT2D eigenvalue weighted by Gasteiger charge is -2.16. The van der Waals surface area contributed by atoms with E-state index in [1.807, 2.05) is 0 Å². The van der Waals surface area contributed by atoms with Crippen molar-refractivity contribution in [3.63, 3.8) is 0 Å². The van der Waals surface area contributed by atoms with E-state index in [1.165, 1.54) is 20.3 Å². The Balaban J connectivity index is 1.69. The number of ether oxygens (including phenoxy) is 2. The lowest BCUT2D eigenvalue weighted by atomic mass is 10.0. The monoisotopic (exact) mass is 482 g/mol. The first-order valence-electron chi connectivity index (χ1n) is 10.7. The molecule has 1 aromatic carbocycles. The minimum Gasteiger partial charge on any atom is -0.469 e. The molecule has 0 bridgehead atoms. The number of benzene rings is 1. The molecule has 3 aromatic rings. The molecule has 0 unspecified atom stereocenters. The number of aromatic amines is 1. The minimum atomic E-state index is -0.988. The van der Waals surface area contributed by atoms with Gasteiger partial charge in [-0.25, -0.2) is 4.79 Å². The molecule has 0 saturated carbocycles. The van der Waals surface area contributed by atoms with Crippen LogP contribution in [-0.2, 0) is 31.9 Å². The second-order valence-electron chi connectivity index (χ2n) is 7.71. The number of aromatic nitrogens is 3. The number of nitrogens with one attached hydrogen (secondary N) is 2. The highest BCUT2D eigenvalue weighted by Gasteiger charge is 2.23. The van der Waals surface area contributed by atoms with Gasteiger partial charge in [0, 0.05) is 18.1 Å². The third kappa shape index (κ3) is 6.31. The number of carbonyl (C=O) groups excluding carboxylic acids is 3. The van der Waals surface area contributed by atoms with E-state index in [0.29, 0.717) is 29.4 Å². The normalized spacial score (nSPS) is 11.6. The fourth-order valence-electron chi connectivity index (χ4n) is 3.58. The van der Waals surface area contributed by atoms with Crippen LogP contribution < -0.4 is 22.3 Å². The first kappa shape index (κ1) is 25.1. The predicted molar refractivity (Wildman–Crippen MR) is 127 cm³/mol. The van der Waals surface area contributed by atoms with Gasteiger partial charge in [0.15, 0.2) is 0 Å². The Morgan fingerprint density at radius 3 is 2.43 bits per heavy atom. The number of esters is 2. The number of nitrogens with two attached hydrogens (primary N) is 2. The van der Waals surface area contributed by atoms with Gasteiger partial charge in [-0.15, -0.1) is 0 Å². The van der Waals surface area contributed by atoms with Crippen LogP contribution in [0.4, 0.5) is 11.8 Å². The number of rotatable bonds is 9. The number of hydrogen-bond donors (Lipinski definition) is 4. The number of methoxy groups -OCH3 is 2. The van der Waals surface area contributed by atoms with Gasteiger partial charge in [0.25, 0.3) is 5.91 Å². The second kappa shape index (κ2) is 11.1. The number of nitrogens with zero attached hydrogens (tertiary/aromatic N) is 2. The summed E-state index contributed by atoms with van der Waals surface area (Å²) in [6.45, 7) is 0. The van der Waals surface area contributed by atoms with Crippen molar-refractivity contribution < 1.29 is 23.9 Å². The van der Waals surface area contributed by atoms with Gasteiger partial charge in [-0.1, -0.05) is 12.1 Å². The van der Waals surface area contributed by atoms with Crippen LogP contribution in [0.3, 0.4) is 0 Å². The third-order valence-corrected chi connectivity index (χ3v) is 5.38. The summed E-state index contributed by atoms with van der Waals surface area (Å²) < 4.78 is 9.28. The molecule has 0 fully saturated rings. The smallest absolute Gasteiger partial charge is 0.328 e. The largest absolute Gasteiger partial charge is 0.469 e. The number of nitrogen functional groups attached to an aromatic ring is 2. The lowest BCUT2D eigenvalue weighted by Crippen LogP contribution is -2.41. The summed E-state index contributed by atoms with van der Waals surface area (Å²) in [5.41, 5.74) is 13.5. The van der Waals surface area contributed by atoms with Crippen molar-refractivity contribution in [3.8, 4) is 0 Å². The maximum atomic E-state index is 12.6. The Morgan fingerprint density at radius 1 is 1.06 bits per heavy atom. The van der Waals surface area contributed by atoms with Crippen LogP contribution in [0.1, 0.15) is 34.3 Å². The molecule has 0 spiro atoms. The molecule has 0 aliphatic rings. The predicted octanol–water partition coefficient (Wildman–Crippen LogP) is 0.492. The van der Waals surface area contributed by atoms with Crippen LogP contribution in [0, 0.1) is 0 Å². The lowest BCUT2D eigenvalue weighted by molar-refractivity contribution is -0.144. The average Bonchev–Trinajstić information content (AvgIpc) is 2.83. The molecule has 0 aliphatic heterocycles. The van der Waals surface area contributed by atoms with Crippen molar-refractivity contribution in [2.45, 2.75) is 31.7 Å². The van der Waals surface area contributed by atoms with Crippen LogP contribution in [0.5, 0.6) is 0 Å². The molecule has 1 atom stereocenters. The van der Waals surface area contributed by atoms with Crippen molar-refractivity contribution in [2.75, 3.05) is 25.7 Å². The van der Waals surface area contributed by atoms with E-state index in [1.54, 1.807) is 24.3 Å². The van der Waals surface area contributed by atoms with Gasteiger partial charge in [-0.05, 0) is 42.5 Å². The van der Waals surface area contributed by atoms with E-state index in [2.05, 4.69) is 25.0 Å². The maximum Gasteiger partial charge on any atom is 0.328 e. The Bertz CT molecular complexity index is 1300. The SMILES string of the molecule is COC(=O)CC[C@H](NC(=O)c1ccc(CCc2cc(=O)[nH]c3nc(N)nc(N)c23)cc1)C(=O)OC. The highest BCUT2D eigenvalue weighted by molar-refractivity contribution is 5.97. The Kier molecular flexibility index (Phi) is 7.97. The summed E-state index contributed by atoms with van der Waals surface area (Å²) in [6, 6.07) is 7.23. The Labute approximate surface area is 200 Å². The van der Waals surface area contributed by atoms with Crippen molar-refractivity contribution in [2.24, 2.45) is 0 Å². The van der Waals surface area contributed by atoms with Crippen LogP contribution in [0.15, 0.2) is 35.1 Å². The molecule has 2 aromatic heterocycles. The van der Waals surface area contributed by atoms with Crippen molar-refractivity contribution in [1.82, 2.24) is 20.3 Å². The number of hydrogen-bond acceptors (Lipinski definition) is 10. The summed E-state index contributed by atoms with van der Waals surface area (Å²) in [5, 5.41) is 3.12. The van der Waals surface area contributed by atoms with Gasteiger partial charge in [0.05, 0.1) is 19.6 Å². The summed E-state index contributed by atoms with van der Waals surface area (Å²) in [7, 11) is 2.44. The van der Waals surface area contributed by atoms with Gasteiger partial charge in [-0.2, -0.15) is 9.97 Å². The average molecular weight is 482 g/mol. The van der Waals surface area contributed by atoms with Gasteiger partial charge < -0.3 is 31.2 Å². The molecular weight excluding hydrogens is 456 g/mol. The molecule has 6 N–H and O–H groups in total. The summed E-state index contributed by atoms with van der Waals surface area (Å²) in [5.74, 6) is -1.49. The van der Waals surface area contributed by atoms with E-state index >= 15 is 0 Å². The van der Waals surface area contributed by atoms with E-state index < -0.39 is 23.9 Å². The number of fused-ring (bicyclic) bond motifs is 1. The second-order valence-corrected chi connectivity index (χ2v) is 7.71. The van der Waals surface area contributed by atoms with Crippen molar-refractivity contribution in [1.29, 1.82) is 0 Å². The highest BCUT2D eigenvalue weighted by atomic mass is 16.5. The molecule has 184 valence electrons. The maximum absolute atomic E-state index is 12.6. The molecule has 12 nitrogen and oxygen atoms in total. The van der Waals surface area contributed by atoms with Crippen LogP contribution in [-0.4, -0.2) is 53.1 Å².